The summed E-state index contributed by atoms with van der Waals surface area (Å²) in [5, 5.41) is 8.23. The Morgan fingerprint density at radius 3 is 2.43 bits per heavy atom. The lowest BCUT2D eigenvalue weighted by molar-refractivity contribution is -0.137. The van der Waals surface area contributed by atoms with Crippen LogP contribution in [0.2, 0.25) is 0 Å². The molecule has 0 bridgehead atoms. The number of hydrogen-bond acceptors (Lipinski definition) is 5. The lowest BCUT2D eigenvalue weighted by Gasteiger charge is -2.15. The van der Waals surface area contributed by atoms with Crippen molar-refractivity contribution in [1.29, 1.82) is 0 Å². The Bertz CT molecular complexity index is 619. The van der Waals surface area contributed by atoms with Gasteiger partial charge in [-0.05, 0) is 6.42 Å². The molecule has 0 spiro atoms. The minimum atomic E-state index is -3.73. The zero-order valence-electron chi connectivity index (χ0n) is 12.1. The number of carbonyl (C=O) groups excluding carboxylic acids is 1. The molecule has 0 saturated heterocycles. The predicted molar refractivity (Wildman–Crippen MR) is 73.4 cm³/mol. The number of carbonyl (C=O) groups is 2. The van der Waals surface area contributed by atoms with E-state index in [-0.39, 0.29) is 23.6 Å². The number of aliphatic carboxylic acids is 1. The average molecular weight is 318 g/mol. The SMILES string of the molecule is CN(CCCC(=O)O)C(=O)c1coc(S(=O)(=O)N(C)C)c1. The molecule has 21 heavy (non-hydrogen) atoms. The van der Waals surface area contributed by atoms with Gasteiger partial charge >= 0.3 is 5.97 Å². The van der Waals surface area contributed by atoms with Gasteiger partial charge in [-0.15, -0.1) is 0 Å². The van der Waals surface area contributed by atoms with Crippen molar-refractivity contribution in [2.75, 3.05) is 27.7 Å². The van der Waals surface area contributed by atoms with Gasteiger partial charge in [0.2, 0.25) is 5.09 Å². The van der Waals surface area contributed by atoms with Crippen LogP contribution in [0.3, 0.4) is 0 Å². The molecule has 0 fully saturated rings. The summed E-state index contributed by atoms with van der Waals surface area (Å²) < 4.78 is 29.6. The van der Waals surface area contributed by atoms with E-state index in [1.165, 1.54) is 26.0 Å². The van der Waals surface area contributed by atoms with E-state index in [1.807, 2.05) is 0 Å². The molecule has 0 aliphatic carbocycles. The van der Waals surface area contributed by atoms with Crippen molar-refractivity contribution in [3.63, 3.8) is 0 Å². The van der Waals surface area contributed by atoms with Gasteiger partial charge in [0.15, 0.2) is 0 Å². The van der Waals surface area contributed by atoms with Crippen molar-refractivity contribution in [3.05, 3.63) is 17.9 Å². The highest BCUT2D eigenvalue weighted by Crippen LogP contribution is 2.18. The van der Waals surface area contributed by atoms with Crippen LogP contribution in [-0.4, -0.2) is 62.3 Å². The second kappa shape index (κ2) is 6.72. The third-order valence-corrected chi connectivity index (χ3v) is 4.47. The minimum absolute atomic E-state index is 0.0384. The Morgan fingerprint density at radius 1 is 1.29 bits per heavy atom. The molecule has 1 rings (SSSR count). The normalized spacial score (nSPS) is 11.6. The van der Waals surface area contributed by atoms with Crippen LogP contribution in [0.4, 0.5) is 0 Å². The van der Waals surface area contributed by atoms with Crippen LogP contribution < -0.4 is 0 Å². The number of nitrogens with zero attached hydrogens (tertiary/aromatic N) is 2. The summed E-state index contributed by atoms with van der Waals surface area (Å²) in [4.78, 5) is 23.8. The number of hydrogen-bond donors (Lipinski definition) is 1. The third kappa shape index (κ3) is 4.30. The molecule has 0 unspecified atom stereocenters. The monoisotopic (exact) mass is 318 g/mol. The Kier molecular flexibility index (Phi) is 5.50. The molecule has 8 nitrogen and oxygen atoms in total. The maximum atomic E-state index is 12.0. The van der Waals surface area contributed by atoms with Crippen molar-refractivity contribution in [2.24, 2.45) is 0 Å². The fraction of sp³-hybridized carbons (Fsp3) is 0.500. The Balaban J connectivity index is 2.76. The van der Waals surface area contributed by atoms with E-state index in [0.29, 0.717) is 6.42 Å². The van der Waals surface area contributed by atoms with Crippen molar-refractivity contribution < 1.29 is 27.5 Å². The van der Waals surface area contributed by atoms with Gasteiger partial charge in [0, 0.05) is 40.2 Å². The molecule has 1 amide bonds. The first kappa shape index (κ1) is 17.2. The number of furan rings is 1. The van der Waals surface area contributed by atoms with E-state index in [1.54, 1.807) is 0 Å². The molecule has 1 aromatic rings. The van der Waals surface area contributed by atoms with Gasteiger partial charge in [-0.25, -0.2) is 12.7 Å². The summed E-state index contributed by atoms with van der Waals surface area (Å²) >= 11 is 0. The van der Waals surface area contributed by atoms with Crippen LogP contribution in [0.5, 0.6) is 0 Å². The topological polar surface area (TPSA) is 108 Å². The van der Waals surface area contributed by atoms with E-state index in [9.17, 15) is 18.0 Å². The zero-order valence-corrected chi connectivity index (χ0v) is 12.9. The van der Waals surface area contributed by atoms with Crippen LogP contribution in [-0.2, 0) is 14.8 Å². The molecule has 0 atom stereocenters. The summed E-state index contributed by atoms with van der Waals surface area (Å²) in [6, 6.07) is 1.16. The maximum Gasteiger partial charge on any atom is 0.303 e. The van der Waals surface area contributed by atoms with Gasteiger partial charge in [0.05, 0.1) is 5.56 Å². The van der Waals surface area contributed by atoms with Crippen molar-refractivity contribution in [2.45, 2.75) is 17.9 Å². The summed E-state index contributed by atoms with van der Waals surface area (Å²) in [5.74, 6) is -1.36. The summed E-state index contributed by atoms with van der Waals surface area (Å²) in [5.41, 5.74) is 0.105. The lowest BCUT2D eigenvalue weighted by Crippen LogP contribution is -2.27. The van der Waals surface area contributed by atoms with E-state index in [0.717, 1.165) is 16.6 Å². The first-order chi connectivity index (χ1) is 9.66. The smallest absolute Gasteiger partial charge is 0.303 e. The molecule has 0 radical (unpaired) electrons. The fourth-order valence-corrected chi connectivity index (χ4v) is 2.34. The standard InChI is InChI=1S/C12H18N2O6S/c1-13(2)21(18,19)11-7-9(8-20-11)12(17)14(3)6-4-5-10(15)16/h7-8H,4-6H2,1-3H3,(H,15,16). The molecule has 0 aromatic carbocycles. The summed E-state index contributed by atoms with van der Waals surface area (Å²) in [6.45, 7) is 0.256. The predicted octanol–water partition coefficient (Wildman–Crippen LogP) is 0.467. The molecule has 0 aliphatic heterocycles. The van der Waals surface area contributed by atoms with Gasteiger partial charge in [0.1, 0.15) is 6.26 Å². The molecular weight excluding hydrogens is 300 g/mol. The highest BCUT2D eigenvalue weighted by Gasteiger charge is 2.24. The van der Waals surface area contributed by atoms with Crippen LogP contribution in [0.25, 0.3) is 0 Å². The van der Waals surface area contributed by atoms with E-state index < -0.39 is 21.9 Å². The highest BCUT2D eigenvalue weighted by molar-refractivity contribution is 7.88. The van der Waals surface area contributed by atoms with Crippen molar-refractivity contribution >= 4 is 21.9 Å². The van der Waals surface area contributed by atoms with Crippen molar-refractivity contribution in [3.8, 4) is 0 Å². The van der Waals surface area contributed by atoms with Crippen LogP contribution >= 0.6 is 0 Å². The molecule has 0 aliphatic rings. The third-order valence-electron chi connectivity index (χ3n) is 2.79. The van der Waals surface area contributed by atoms with Crippen LogP contribution in [0.15, 0.2) is 21.8 Å². The summed E-state index contributed by atoms with van der Waals surface area (Å²) in [7, 11) is 0.503. The Labute approximate surface area is 123 Å². The Morgan fingerprint density at radius 2 is 1.90 bits per heavy atom. The maximum absolute atomic E-state index is 12.0. The van der Waals surface area contributed by atoms with Gasteiger partial charge in [-0.1, -0.05) is 0 Å². The number of amides is 1. The quantitative estimate of drug-likeness (QED) is 0.782. The van der Waals surface area contributed by atoms with Gasteiger partial charge in [-0.3, -0.25) is 9.59 Å². The van der Waals surface area contributed by atoms with Gasteiger partial charge in [-0.2, -0.15) is 0 Å². The molecule has 0 saturated carbocycles. The Hall–Kier alpha value is -1.87. The van der Waals surface area contributed by atoms with E-state index >= 15 is 0 Å². The first-order valence-corrected chi connectivity index (χ1v) is 7.58. The number of carboxylic acids is 1. The molecule has 118 valence electrons. The second-order valence-electron chi connectivity index (χ2n) is 4.67. The zero-order chi connectivity index (χ0) is 16.2. The van der Waals surface area contributed by atoms with Crippen LogP contribution in [0, 0.1) is 0 Å². The largest absolute Gasteiger partial charge is 0.481 e. The van der Waals surface area contributed by atoms with Crippen LogP contribution in [0.1, 0.15) is 23.2 Å². The first-order valence-electron chi connectivity index (χ1n) is 6.14. The fourth-order valence-electron chi connectivity index (χ4n) is 1.53. The van der Waals surface area contributed by atoms with Gasteiger partial charge < -0.3 is 14.4 Å². The van der Waals surface area contributed by atoms with E-state index in [2.05, 4.69) is 0 Å². The number of rotatable bonds is 7. The summed E-state index contributed by atoms with van der Waals surface area (Å²) in [6.07, 6.45) is 1.36. The van der Waals surface area contributed by atoms with Gasteiger partial charge in [0.25, 0.3) is 15.9 Å². The minimum Gasteiger partial charge on any atom is -0.481 e. The number of sulfonamides is 1. The molecule has 9 heteroatoms. The number of carboxylic acid groups (broad SMARTS) is 1. The molecular formula is C12H18N2O6S. The molecule has 1 N–H and O–H groups in total. The molecule has 1 heterocycles. The highest BCUT2D eigenvalue weighted by atomic mass is 32.2. The average Bonchev–Trinajstić information content (AvgIpc) is 2.87. The lowest BCUT2D eigenvalue weighted by atomic mass is 10.2. The second-order valence-corrected chi connectivity index (χ2v) is 6.75. The van der Waals surface area contributed by atoms with E-state index in [4.69, 9.17) is 9.52 Å². The molecule has 1 aromatic heterocycles. The van der Waals surface area contributed by atoms with Crippen molar-refractivity contribution in [1.82, 2.24) is 9.21 Å².